The van der Waals surface area contributed by atoms with Crippen molar-refractivity contribution in [1.82, 2.24) is 15.3 Å². The third-order valence-corrected chi connectivity index (χ3v) is 4.49. The Labute approximate surface area is 148 Å². The number of aryl methyl sites for hydroxylation is 1. The maximum atomic E-state index is 12.6. The van der Waals surface area contributed by atoms with E-state index in [0.29, 0.717) is 12.5 Å². The number of hydrogen-bond donors (Lipinski definition) is 1. The highest BCUT2D eigenvalue weighted by Crippen LogP contribution is 2.22. The number of nitrogens with one attached hydrogen (secondary N) is 1. The summed E-state index contributed by atoms with van der Waals surface area (Å²) >= 11 is 0. The number of hydrogen-bond acceptors (Lipinski definition) is 5. The van der Waals surface area contributed by atoms with Crippen molar-refractivity contribution in [3.8, 4) is 5.75 Å². The first kappa shape index (κ1) is 17.2. The number of carbonyl (C=O) groups is 1. The number of anilines is 1. The molecule has 1 N–H and O–H groups in total. The van der Waals surface area contributed by atoms with Gasteiger partial charge in [-0.1, -0.05) is 17.7 Å². The Morgan fingerprint density at radius 2 is 2.16 bits per heavy atom. The summed E-state index contributed by atoms with van der Waals surface area (Å²) in [4.78, 5) is 23.1. The van der Waals surface area contributed by atoms with E-state index in [9.17, 15) is 4.79 Å². The molecule has 0 saturated carbocycles. The van der Waals surface area contributed by atoms with Crippen molar-refractivity contribution in [2.24, 2.45) is 0 Å². The number of methoxy groups -OCH3 is 1. The van der Waals surface area contributed by atoms with Gasteiger partial charge in [-0.15, -0.1) is 0 Å². The van der Waals surface area contributed by atoms with Crippen LogP contribution in [-0.2, 0) is 11.2 Å². The molecule has 1 aliphatic heterocycles. The van der Waals surface area contributed by atoms with E-state index in [1.807, 2.05) is 17.0 Å². The third-order valence-electron chi connectivity index (χ3n) is 4.49. The number of amides is 1. The molecule has 1 amide bonds. The highest BCUT2D eigenvalue weighted by molar-refractivity contribution is 5.85. The van der Waals surface area contributed by atoms with Crippen LogP contribution in [0, 0.1) is 6.92 Å². The molecule has 6 nitrogen and oxygen atoms in total. The van der Waals surface area contributed by atoms with Gasteiger partial charge in [0.05, 0.1) is 7.11 Å². The Kier molecular flexibility index (Phi) is 5.48. The van der Waals surface area contributed by atoms with E-state index in [4.69, 9.17) is 4.74 Å². The molecule has 132 valence electrons. The van der Waals surface area contributed by atoms with Crippen LogP contribution in [0.2, 0.25) is 0 Å². The van der Waals surface area contributed by atoms with E-state index in [2.05, 4.69) is 28.3 Å². The molecule has 1 aliphatic rings. The van der Waals surface area contributed by atoms with Crippen LogP contribution in [0.25, 0.3) is 0 Å². The second-order valence-electron chi connectivity index (χ2n) is 6.26. The number of benzene rings is 1. The Morgan fingerprint density at radius 1 is 1.36 bits per heavy atom. The summed E-state index contributed by atoms with van der Waals surface area (Å²) in [6.07, 6.45) is 5.96. The highest BCUT2D eigenvalue weighted by atomic mass is 16.5. The van der Waals surface area contributed by atoms with Gasteiger partial charge in [-0.05, 0) is 43.9 Å². The highest BCUT2D eigenvalue weighted by Gasteiger charge is 2.32. The second kappa shape index (κ2) is 7.96. The first-order valence-corrected chi connectivity index (χ1v) is 8.64. The van der Waals surface area contributed by atoms with Crippen LogP contribution >= 0.6 is 0 Å². The summed E-state index contributed by atoms with van der Waals surface area (Å²) in [6.45, 7) is 3.45. The van der Waals surface area contributed by atoms with Crippen LogP contribution in [0.4, 0.5) is 5.95 Å². The average Bonchev–Trinajstić information content (AvgIpc) is 3.12. The molecule has 6 heteroatoms. The molecule has 1 atom stereocenters. The standard InChI is InChI=1S/C19H24N4O2/c1-14-6-7-17(25-2)15(13-14)8-11-20-18(24)16-5-3-12-23(16)19-21-9-4-10-22-19/h4,6-7,9-10,13,16H,3,5,8,11-12H2,1-2H3,(H,20,24)/t16-/m0/s1. The lowest BCUT2D eigenvalue weighted by Gasteiger charge is -2.23. The van der Waals surface area contributed by atoms with E-state index >= 15 is 0 Å². The fraction of sp³-hybridized carbons (Fsp3) is 0.421. The lowest BCUT2D eigenvalue weighted by Crippen LogP contribution is -2.44. The van der Waals surface area contributed by atoms with Crippen molar-refractivity contribution in [3.05, 3.63) is 47.8 Å². The van der Waals surface area contributed by atoms with Crippen molar-refractivity contribution in [3.63, 3.8) is 0 Å². The van der Waals surface area contributed by atoms with Gasteiger partial charge in [0, 0.05) is 25.5 Å². The molecule has 2 aromatic rings. The van der Waals surface area contributed by atoms with Crippen molar-refractivity contribution in [2.45, 2.75) is 32.2 Å². The van der Waals surface area contributed by atoms with Gasteiger partial charge in [-0.25, -0.2) is 9.97 Å². The summed E-state index contributed by atoms with van der Waals surface area (Å²) in [5.74, 6) is 1.53. The zero-order chi connectivity index (χ0) is 17.6. The topological polar surface area (TPSA) is 67.3 Å². The van der Waals surface area contributed by atoms with Crippen LogP contribution in [0.15, 0.2) is 36.7 Å². The average molecular weight is 340 g/mol. The first-order valence-electron chi connectivity index (χ1n) is 8.64. The number of ether oxygens (including phenoxy) is 1. The summed E-state index contributed by atoms with van der Waals surface area (Å²) in [6, 6.07) is 7.69. The van der Waals surface area contributed by atoms with E-state index < -0.39 is 0 Å². The number of aromatic nitrogens is 2. The zero-order valence-corrected chi connectivity index (χ0v) is 14.7. The largest absolute Gasteiger partial charge is 0.496 e. The van der Waals surface area contributed by atoms with Gasteiger partial charge in [-0.2, -0.15) is 0 Å². The van der Waals surface area contributed by atoms with Crippen molar-refractivity contribution < 1.29 is 9.53 Å². The molecule has 2 heterocycles. The molecule has 1 aromatic heterocycles. The molecule has 0 spiro atoms. The molecule has 3 rings (SSSR count). The van der Waals surface area contributed by atoms with Crippen molar-refractivity contribution in [2.75, 3.05) is 25.1 Å². The molecular formula is C19H24N4O2. The second-order valence-corrected chi connectivity index (χ2v) is 6.26. The first-order chi connectivity index (χ1) is 12.2. The van der Waals surface area contributed by atoms with Crippen LogP contribution in [0.3, 0.4) is 0 Å². The molecule has 0 aliphatic carbocycles. The smallest absolute Gasteiger partial charge is 0.242 e. The summed E-state index contributed by atoms with van der Waals surface area (Å²) in [7, 11) is 1.67. The van der Waals surface area contributed by atoms with Crippen molar-refractivity contribution in [1.29, 1.82) is 0 Å². The van der Waals surface area contributed by atoms with E-state index in [-0.39, 0.29) is 11.9 Å². The van der Waals surface area contributed by atoms with E-state index in [1.165, 1.54) is 5.56 Å². The maximum Gasteiger partial charge on any atom is 0.242 e. The summed E-state index contributed by atoms with van der Waals surface area (Å²) in [5, 5.41) is 3.05. The molecule has 0 radical (unpaired) electrons. The van der Waals surface area contributed by atoms with E-state index in [1.54, 1.807) is 25.6 Å². The number of nitrogens with zero attached hydrogens (tertiary/aromatic N) is 3. The molecule has 1 saturated heterocycles. The quantitative estimate of drug-likeness (QED) is 0.872. The summed E-state index contributed by atoms with van der Waals surface area (Å²) in [5.41, 5.74) is 2.29. The fourth-order valence-electron chi connectivity index (χ4n) is 3.26. The molecular weight excluding hydrogens is 316 g/mol. The van der Waals surface area contributed by atoms with Gasteiger partial charge in [0.2, 0.25) is 11.9 Å². The van der Waals surface area contributed by atoms with Crippen LogP contribution < -0.4 is 15.0 Å². The molecule has 1 aromatic carbocycles. The van der Waals surface area contributed by atoms with Crippen LogP contribution in [0.5, 0.6) is 5.75 Å². The Hall–Kier alpha value is -2.63. The number of rotatable bonds is 6. The number of carbonyl (C=O) groups excluding carboxylic acids is 1. The minimum atomic E-state index is -0.193. The molecule has 25 heavy (non-hydrogen) atoms. The van der Waals surface area contributed by atoms with Gasteiger partial charge >= 0.3 is 0 Å². The predicted molar refractivity (Wildman–Crippen MR) is 96.8 cm³/mol. The minimum absolute atomic E-state index is 0.0385. The van der Waals surface area contributed by atoms with Gasteiger partial charge in [0.15, 0.2) is 0 Å². The van der Waals surface area contributed by atoms with Gasteiger partial charge in [0.1, 0.15) is 11.8 Å². The van der Waals surface area contributed by atoms with Crippen molar-refractivity contribution >= 4 is 11.9 Å². The molecule has 1 fully saturated rings. The molecule has 0 bridgehead atoms. The normalized spacial score (nSPS) is 16.7. The Bertz CT molecular complexity index is 721. The van der Waals surface area contributed by atoms with Gasteiger partial charge in [0.25, 0.3) is 0 Å². The predicted octanol–water partition coefficient (Wildman–Crippen LogP) is 2.12. The van der Waals surface area contributed by atoms with Gasteiger partial charge in [-0.3, -0.25) is 4.79 Å². The SMILES string of the molecule is COc1ccc(C)cc1CCNC(=O)[C@@H]1CCCN1c1ncccn1. The van der Waals surface area contributed by atoms with Crippen LogP contribution in [-0.4, -0.2) is 42.1 Å². The monoisotopic (exact) mass is 340 g/mol. The summed E-state index contributed by atoms with van der Waals surface area (Å²) < 4.78 is 5.40. The zero-order valence-electron chi connectivity index (χ0n) is 14.7. The lowest BCUT2D eigenvalue weighted by molar-refractivity contribution is -0.122. The maximum absolute atomic E-state index is 12.6. The third kappa shape index (κ3) is 4.07. The minimum Gasteiger partial charge on any atom is -0.496 e. The molecule has 0 unspecified atom stereocenters. The Balaban J connectivity index is 1.58. The lowest BCUT2D eigenvalue weighted by atomic mass is 10.1. The van der Waals surface area contributed by atoms with E-state index in [0.717, 1.165) is 37.1 Å². The van der Waals surface area contributed by atoms with Gasteiger partial charge < -0.3 is 15.0 Å². The van der Waals surface area contributed by atoms with Crippen LogP contribution in [0.1, 0.15) is 24.0 Å². The fourth-order valence-corrected chi connectivity index (χ4v) is 3.26. The Morgan fingerprint density at radius 3 is 2.92 bits per heavy atom.